The summed E-state index contributed by atoms with van der Waals surface area (Å²) in [6.45, 7) is 3.78. The molecule has 144 valence electrons. The summed E-state index contributed by atoms with van der Waals surface area (Å²) < 4.78 is 40.4. The summed E-state index contributed by atoms with van der Waals surface area (Å²) in [6.07, 6.45) is -4.54. The molecule has 1 fully saturated rings. The number of amides is 1. The largest absolute Gasteiger partial charge is 0.573 e. The van der Waals surface area contributed by atoms with Crippen LogP contribution in [0.5, 0.6) is 5.75 Å². The van der Waals surface area contributed by atoms with E-state index in [0.717, 1.165) is 19.6 Å². The van der Waals surface area contributed by atoms with Gasteiger partial charge in [-0.3, -0.25) is 9.69 Å². The molecule has 1 amide bonds. The molecule has 7 heteroatoms. The van der Waals surface area contributed by atoms with Crippen LogP contribution in [-0.2, 0) is 17.8 Å². The highest BCUT2D eigenvalue weighted by Crippen LogP contribution is 2.23. The van der Waals surface area contributed by atoms with Crippen LogP contribution in [0.25, 0.3) is 0 Å². The molecule has 1 heterocycles. The van der Waals surface area contributed by atoms with E-state index in [1.807, 2.05) is 23.1 Å². The number of rotatable bonds is 5. The Hall–Kier alpha value is -2.54. The van der Waals surface area contributed by atoms with Gasteiger partial charge in [0.1, 0.15) is 5.75 Å². The van der Waals surface area contributed by atoms with E-state index in [1.165, 1.54) is 29.8 Å². The molecule has 1 aliphatic heterocycles. The fraction of sp³-hybridized carbons (Fsp3) is 0.350. The van der Waals surface area contributed by atoms with Crippen LogP contribution < -0.4 is 4.74 Å². The maximum atomic E-state index is 12.4. The molecule has 27 heavy (non-hydrogen) atoms. The van der Waals surface area contributed by atoms with Gasteiger partial charge in [-0.05, 0) is 23.3 Å². The first-order valence-electron chi connectivity index (χ1n) is 8.78. The Labute approximate surface area is 156 Å². The molecule has 0 unspecified atom stereocenters. The smallest absolute Gasteiger partial charge is 0.406 e. The summed E-state index contributed by atoms with van der Waals surface area (Å²) >= 11 is 0. The van der Waals surface area contributed by atoms with Crippen LogP contribution in [0.4, 0.5) is 13.2 Å². The van der Waals surface area contributed by atoms with E-state index >= 15 is 0 Å². The van der Waals surface area contributed by atoms with Gasteiger partial charge in [-0.25, -0.2) is 0 Å². The second-order valence-corrected chi connectivity index (χ2v) is 6.51. The Morgan fingerprint density at radius 2 is 1.52 bits per heavy atom. The van der Waals surface area contributed by atoms with E-state index in [2.05, 4.69) is 21.8 Å². The van der Waals surface area contributed by atoms with E-state index in [0.29, 0.717) is 18.7 Å². The van der Waals surface area contributed by atoms with Crippen LogP contribution in [0, 0.1) is 0 Å². The predicted octanol–water partition coefficient (Wildman–Crippen LogP) is 3.47. The molecule has 1 aliphatic rings. The summed E-state index contributed by atoms with van der Waals surface area (Å²) in [5.41, 5.74) is 1.92. The highest BCUT2D eigenvalue weighted by atomic mass is 19.4. The highest BCUT2D eigenvalue weighted by Gasteiger charge is 2.31. The Bertz CT molecular complexity index is 740. The average molecular weight is 378 g/mol. The number of piperazine rings is 1. The number of hydrogen-bond acceptors (Lipinski definition) is 3. The van der Waals surface area contributed by atoms with Gasteiger partial charge in [0.15, 0.2) is 0 Å². The van der Waals surface area contributed by atoms with E-state index in [9.17, 15) is 18.0 Å². The van der Waals surface area contributed by atoms with Gasteiger partial charge in [0.05, 0.1) is 6.42 Å². The van der Waals surface area contributed by atoms with Gasteiger partial charge in [-0.1, -0.05) is 42.5 Å². The summed E-state index contributed by atoms with van der Waals surface area (Å²) in [5.74, 6) is -0.299. The topological polar surface area (TPSA) is 32.8 Å². The number of nitrogens with zero attached hydrogens (tertiary/aromatic N) is 2. The van der Waals surface area contributed by atoms with Crippen molar-refractivity contribution in [2.45, 2.75) is 19.3 Å². The molecule has 0 spiro atoms. The second kappa shape index (κ2) is 8.43. The molecule has 2 aromatic carbocycles. The molecule has 0 atom stereocenters. The summed E-state index contributed by atoms with van der Waals surface area (Å²) in [5, 5.41) is 0. The Morgan fingerprint density at radius 3 is 2.11 bits per heavy atom. The lowest BCUT2D eigenvalue weighted by Gasteiger charge is -2.34. The van der Waals surface area contributed by atoms with Gasteiger partial charge in [0, 0.05) is 32.7 Å². The van der Waals surface area contributed by atoms with Crippen LogP contribution >= 0.6 is 0 Å². The van der Waals surface area contributed by atoms with Crippen LogP contribution in [0.1, 0.15) is 11.1 Å². The fourth-order valence-corrected chi connectivity index (χ4v) is 3.09. The Kier molecular flexibility index (Phi) is 6.01. The minimum absolute atomic E-state index is 0.0150. The number of ether oxygens (including phenoxy) is 1. The van der Waals surface area contributed by atoms with Gasteiger partial charge < -0.3 is 9.64 Å². The van der Waals surface area contributed by atoms with Crippen molar-refractivity contribution in [2.75, 3.05) is 26.2 Å². The van der Waals surface area contributed by atoms with Crippen molar-refractivity contribution in [1.29, 1.82) is 0 Å². The Morgan fingerprint density at radius 1 is 0.889 bits per heavy atom. The van der Waals surface area contributed by atoms with Gasteiger partial charge in [-0.15, -0.1) is 13.2 Å². The molecule has 2 aromatic rings. The van der Waals surface area contributed by atoms with Gasteiger partial charge >= 0.3 is 6.36 Å². The van der Waals surface area contributed by atoms with Gasteiger partial charge in [-0.2, -0.15) is 0 Å². The first-order chi connectivity index (χ1) is 12.9. The molecule has 0 saturated carbocycles. The molecule has 0 N–H and O–H groups in total. The van der Waals surface area contributed by atoms with Crippen molar-refractivity contribution in [2.24, 2.45) is 0 Å². The van der Waals surface area contributed by atoms with E-state index < -0.39 is 6.36 Å². The third-order valence-electron chi connectivity index (χ3n) is 4.49. The molecule has 0 aromatic heterocycles. The fourth-order valence-electron chi connectivity index (χ4n) is 3.09. The zero-order valence-corrected chi connectivity index (χ0v) is 14.8. The van der Waals surface area contributed by atoms with Crippen molar-refractivity contribution in [3.8, 4) is 5.75 Å². The monoisotopic (exact) mass is 378 g/mol. The first kappa shape index (κ1) is 19.2. The minimum Gasteiger partial charge on any atom is -0.406 e. The minimum atomic E-state index is -4.71. The van der Waals surface area contributed by atoms with E-state index in [4.69, 9.17) is 0 Å². The zero-order chi connectivity index (χ0) is 19.3. The molecule has 3 rings (SSSR count). The third kappa shape index (κ3) is 5.99. The quantitative estimate of drug-likeness (QED) is 0.799. The maximum Gasteiger partial charge on any atom is 0.573 e. The summed E-state index contributed by atoms with van der Waals surface area (Å²) in [6, 6.07) is 15.6. The van der Waals surface area contributed by atoms with E-state index in [1.54, 1.807) is 0 Å². The summed E-state index contributed by atoms with van der Waals surface area (Å²) in [4.78, 5) is 16.6. The normalized spacial score (nSPS) is 15.6. The van der Waals surface area contributed by atoms with Crippen molar-refractivity contribution >= 4 is 5.91 Å². The predicted molar refractivity (Wildman–Crippen MR) is 95.1 cm³/mol. The second-order valence-electron chi connectivity index (χ2n) is 6.51. The SMILES string of the molecule is O=C(Cc1ccc(OC(F)(F)F)cc1)N1CCN(Cc2ccccc2)CC1. The van der Waals surface area contributed by atoms with Crippen molar-refractivity contribution in [1.82, 2.24) is 9.80 Å². The van der Waals surface area contributed by atoms with Crippen LogP contribution in [0.15, 0.2) is 54.6 Å². The number of hydrogen-bond donors (Lipinski definition) is 0. The molecule has 4 nitrogen and oxygen atoms in total. The van der Waals surface area contributed by atoms with Gasteiger partial charge in [0.2, 0.25) is 5.91 Å². The molecule has 0 aliphatic carbocycles. The van der Waals surface area contributed by atoms with E-state index in [-0.39, 0.29) is 18.1 Å². The average Bonchev–Trinajstić information content (AvgIpc) is 2.63. The number of benzene rings is 2. The van der Waals surface area contributed by atoms with Crippen LogP contribution in [0.3, 0.4) is 0 Å². The number of halogens is 3. The third-order valence-corrected chi connectivity index (χ3v) is 4.49. The number of carbonyl (C=O) groups is 1. The van der Waals surface area contributed by atoms with Crippen molar-refractivity contribution < 1.29 is 22.7 Å². The lowest BCUT2D eigenvalue weighted by molar-refractivity contribution is -0.274. The molecule has 1 saturated heterocycles. The summed E-state index contributed by atoms with van der Waals surface area (Å²) in [7, 11) is 0. The molecule has 0 bridgehead atoms. The van der Waals surface area contributed by atoms with Crippen molar-refractivity contribution in [3.63, 3.8) is 0 Å². The van der Waals surface area contributed by atoms with Crippen LogP contribution in [-0.4, -0.2) is 48.2 Å². The first-order valence-corrected chi connectivity index (χ1v) is 8.78. The Balaban J connectivity index is 1.46. The number of carbonyl (C=O) groups excluding carboxylic acids is 1. The van der Waals surface area contributed by atoms with Crippen molar-refractivity contribution in [3.05, 3.63) is 65.7 Å². The lowest BCUT2D eigenvalue weighted by atomic mass is 10.1. The lowest BCUT2D eigenvalue weighted by Crippen LogP contribution is -2.48. The van der Waals surface area contributed by atoms with Gasteiger partial charge in [0.25, 0.3) is 0 Å². The highest BCUT2D eigenvalue weighted by molar-refractivity contribution is 5.79. The molecule has 0 radical (unpaired) electrons. The standard InChI is InChI=1S/C20H21F3N2O2/c21-20(22,23)27-18-8-6-16(7-9-18)14-19(26)25-12-10-24(11-13-25)15-17-4-2-1-3-5-17/h1-9H,10-15H2. The molecular weight excluding hydrogens is 357 g/mol. The zero-order valence-electron chi connectivity index (χ0n) is 14.8. The number of alkyl halides is 3. The maximum absolute atomic E-state index is 12.4. The van der Waals surface area contributed by atoms with Crippen LogP contribution in [0.2, 0.25) is 0 Å². The molecular formula is C20H21F3N2O2.